The van der Waals surface area contributed by atoms with Gasteiger partial charge in [-0.25, -0.2) is 9.97 Å². The molecular formula is C44H32N2S2Si. The average Bonchev–Trinajstić information content (AvgIpc) is 3.85. The lowest BCUT2D eigenvalue weighted by Gasteiger charge is -2.27. The standard InChI is InChI=1S/C44H32N2S2Si/c1-49(2)41(31-19-13-21-33(27-31)43-45-35-23-9-11-25-37(35)47-43)39(29-15-5-3-6-16-29)40(30-17-7-4-8-18-30)42(49)32-20-14-22-34(28-32)44-46-36-24-10-12-26-38(36)48-44/h3-28H,1-2H3. The fourth-order valence-corrected chi connectivity index (χ4v) is 13.1. The fraction of sp³-hybridized carbons (Fsp3) is 0.0455. The van der Waals surface area contributed by atoms with Gasteiger partial charge in [0.2, 0.25) is 0 Å². The molecule has 234 valence electrons. The number of hydrogen-bond donors (Lipinski definition) is 0. The number of aromatic nitrogens is 2. The first-order valence-corrected chi connectivity index (χ1v) is 21.2. The summed E-state index contributed by atoms with van der Waals surface area (Å²) in [6.45, 7) is 5.07. The van der Waals surface area contributed by atoms with Crippen LogP contribution in [0.1, 0.15) is 22.3 Å². The maximum absolute atomic E-state index is 5.04. The molecule has 0 N–H and O–H groups in total. The van der Waals surface area contributed by atoms with Gasteiger partial charge in [0.25, 0.3) is 0 Å². The molecule has 5 heteroatoms. The van der Waals surface area contributed by atoms with E-state index in [9.17, 15) is 0 Å². The molecular weight excluding hydrogens is 649 g/mol. The zero-order valence-corrected chi connectivity index (χ0v) is 29.9. The van der Waals surface area contributed by atoms with Gasteiger partial charge >= 0.3 is 0 Å². The zero-order valence-electron chi connectivity index (χ0n) is 27.2. The van der Waals surface area contributed by atoms with E-state index in [0.29, 0.717) is 0 Å². The normalized spacial score (nSPS) is 14.3. The van der Waals surface area contributed by atoms with Crippen molar-refractivity contribution in [3.63, 3.8) is 0 Å². The minimum atomic E-state index is -2.36. The quantitative estimate of drug-likeness (QED) is 0.163. The Morgan fingerprint density at radius 2 is 0.755 bits per heavy atom. The molecule has 8 aromatic rings. The molecule has 9 rings (SSSR count). The van der Waals surface area contributed by atoms with Gasteiger partial charge in [-0.2, -0.15) is 0 Å². The van der Waals surface area contributed by atoms with Gasteiger partial charge in [0.05, 0.1) is 20.4 Å². The summed E-state index contributed by atoms with van der Waals surface area (Å²) < 4.78 is 2.43. The highest BCUT2D eigenvalue weighted by Crippen LogP contribution is 2.56. The van der Waals surface area contributed by atoms with Gasteiger partial charge in [-0.15, -0.1) is 22.7 Å². The number of nitrogens with zero attached hydrogens (tertiary/aromatic N) is 2. The van der Waals surface area contributed by atoms with E-state index in [1.54, 1.807) is 22.7 Å². The summed E-state index contributed by atoms with van der Waals surface area (Å²) >= 11 is 3.53. The Balaban J connectivity index is 1.28. The third-order valence-corrected chi connectivity index (χ3v) is 15.3. The minimum absolute atomic E-state index is 1.05. The first-order valence-electron chi connectivity index (χ1n) is 16.6. The number of fused-ring (bicyclic) bond motifs is 2. The molecule has 3 heterocycles. The number of thiazole rings is 2. The van der Waals surface area contributed by atoms with Gasteiger partial charge in [-0.1, -0.05) is 134 Å². The van der Waals surface area contributed by atoms with E-state index < -0.39 is 8.07 Å². The Kier molecular flexibility index (Phi) is 7.35. The molecule has 0 saturated carbocycles. The molecule has 1 aliphatic rings. The Morgan fingerprint density at radius 1 is 0.388 bits per heavy atom. The molecule has 49 heavy (non-hydrogen) atoms. The van der Waals surface area contributed by atoms with Gasteiger partial charge in [0.1, 0.15) is 18.1 Å². The largest absolute Gasteiger partial charge is 0.236 e. The van der Waals surface area contributed by atoms with Crippen molar-refractivity contribution in [2.45, 2.75) is 13.1 Å². The number of benzene rings is 6. The van der Waals surface area contributed by atoms with Crippen LogP contribution in [0.3, 0.4) is 0 Å². The highest BCUT2D eigenvalue weighted by molar-refractivity contribution is 7.22. The van der Waals surface area contributed by atoms with Crippen LogP contribution in [0.15, 0.2) is 158 Å². The highest BCUT2D eigenvalue weighted by atomic mass is 32.1. The third-order valence-electron chi connectivity index (χ3n) is 9.51. The second-order valence-corrected chi connectivity index (χ2v) is 19.3. The predicted molar refractivity (Wildman–Crippen MR) is 214 cm³/mol. The number of hydrogen-bond acceptors (Lipinski definition) is 4. The minimum Gasteiger partial charge on any atom is -0.236 e. The smallest absolute Gasteiger partial charge is 0.124 e. The molecule has 0 atom stereocenters. The lowest BCUT2D eigenvalue weighted by atomic mass is 9.89. The van der Waals surface area contributed by atoms with E-state index in [4.69, 9.17) is 9.97 Å². The molecule has 0 aliphatic carbocycles. The molecule has 2 aromatic heterocycles. The van der Waals surface area contributed by atoms with Crippen molar-refractivity contribution in [1.29, 1.82) is 0 Å². The summed E-state index contributed by atoms with van der Waals surface area (Å²) in [6.07, 6.45) is 0. The monoisotopic (exact) mass is 680 g/mol. The Hall–Kier alpha value is -5.20. The highest BCUT2D eigenvalue weighted by Gasteiger charge is 2.44. The molecule has 0 fully saturated rings. The van der Waals surface area contributed by atoms with E-state index in [1.165, 1.54) is 53.2 Å². The van der Waals surface area contributed by atoms with E-state index in [2.05, 4.69) is 171 Å². The molecule has 2 nitrogen and oxygen atoms in total. The summed E-state index contributed by atoms with van der Waals surface area (Å²) in [5.41, 5.74) is 12.2. The predicted octanol–water partition coefficient (Wildman–Crippen LogP) is 12.6. The fourth-order valence-electron chi connectivity index (χ4n) is 7.40. The van der Waals surface area contributed by atoms with Crippen molar-refractivity contribution in [2.75, 3.05) is 0 Å². The van der Waals surface area contributed by atoms with Crippen LogP contribution in [0.25, 0.3) is 63.1 Å². The molecule has 0 unspecified atom stereocenters. The average molecular weight is 681 g/mol. The molecule has 0 radical (unpaired) electrons. The summed E-state index contributed by atoms with van der Waals surface area (Å²) in [5, 5.41) is 5.03. The van der Waals surface area contributed by atoms with Gasteiger partial charge in [-0.3, -0.25) is 0 Å². The molecule has 1 aliphatic heterocycles. The van der Waals surface area contributed by atoms with Crippen molar-refractivity contribution in [3.8, 4) is 21.1 Å². The summed E-state index contributed by atoms with van der Waals surface area (Å²) in [6, 6.07) is 57.1. The lowest BCUT2D eigenvalue weighted by Crippen LogP contribution is -2.28. The zero-order chi connectivity index (χ0) is 33.0. The van der Waals surface area contributed by atoms with E-state index in [-0.39, 0.29) is 0 Å². The topological polar surface area (TPSA) is 25.8 Å². The van der Waals surface area contributed by atoms with Crippen molar-refractivity contribution in [1.82, 2.24) is 9.97 Å². The third kappa shape index (κ3) is 5.22. The second-order valence-electron chi connectivity index (χ2n) is 13.0. The first kappa shape index (κ1) is 29.9. The van der Waals surface area contributed by atoms with Crippen molar-refractivity contribution < 1.29 is 0 Å². The first-order chi connectivity index (χ1) is 24.0. The molecule has 0 bridgehead atoms. The van der Waals surface area contributed by atoms with Gasteiger partial charge in [0.15, 0.2) is 0 Å². The van der Waals surface area contributed by atoms with Gasteiger partial charge in [-0.05, 0) is 80.2 Å². The second kappa shape index (κ2) is 12.0. The maximum Gasteiger partial charge on any atom is 0.124 e. The van der Waals surface area contributed by atoms with Crippen LogP contribution < -0.4 is 0 Å². The summed E-state index contributed by atoms with van der Waals surface area (Å²) in [4.78, 5) is 10.1. The molecule has 0 amide bonds. The van der Waals surface area contributed by atoms with Crippen LogP contribution >= 0.6 is 22.7 Å². The molecule has 6 aromatic carbocycles. The van der Waals surface area contributed by atoms with Crippen LogP contribution in [0.4, 0.5) is 0 Å². The van der Waals surface area contributed by atoms with E-state index in [0.717, 1.165) is 32.2 Å². The van der Waals surface area contributed by atoms with Crippen LogP contribution in [-0.2, 0) is 0 Å². The van der Waals surface area contributed by atoms with E-state index >= 15 is 0 Å². The Bertz CT molecular complexity index is 2330. The summed E-state index contributed by atoms with van der Waals surface area (Å²) in [7, 11) is -2.36. The van der Waals surface area contributed by atoms with Gasteiger partial charge in [0, 0.05) is 11.1 Å². The molecule has 0 spiro atoms. The Labute approximate surface area is 295 Å². The maximum atomic E-state index is 5.04. The van der Waals surface area contributed by atoms with Crippen LogP contribution in [0.2, 0.25) is 13.1 Å². The van der Waals surface area contributed by atoms with Crippen LogP contribution in [0.5, 0.6) is 0 Å². The van der Waals surface area contributed by atoms with E-state index in [1.807, 2.05) is 0 Å². The van der Waals surface area contributed by atoms with Crippen LogP contribution in [0, 0.1) is 0 Å². The van der Waals surface area contributed by atoms with Crippen molar-refractivity contribution >= 4 is 72.7 Å². The number of allylic oxidation sites excluding steroid dienone is 2. The van der Waals surface area contributed by atoms with Crippen molar-refractivity contribution in [2.24, 2.45) is 0 Å². The number of rotatable bonds is 6. The number of para-hydroxylation sites is 2. The SMILES string of the molecule is C[Si]1(C)C(c2cccc(-c3nc4ccccc4s3)c2)=C(c2ccccc2)C(c2ccccc2)=C1c1cccc(-c2nc3ccccc3s2)c1. The van der Waals surface area contributed by atoms with Crippen LogP contribution in [-0.4, -0.2) is 18.0 Å². The van der Waals surface area contributed by atoms with Crippen molar-refractivity contribution in [3.05, 3.63) is 180 Å². The summed E-state index contributed by atoms with van der Waals surface area (Å²) in [5.74, 6) is 0. The molecule has 0 saturated heterocycles. The Morgan fingerprint density at radius 3 is 1.18 bits per heavy atom. The van der Waals surface area contributed by atoms with Gasteiger partial charge < -0.3 is 0 Å². The lowest BCUT2D eigenvalue weighted by molar-refractivity contribution is 1.47.